The Morgan fingerprint density at radius 1 is 1.23 bits per heavy atom. The van der Waals surface area contributed by atoms with Gasteiger partial charge in [-0.2, -0.15) is 8.78 Å². The minimum absolute atomic E-state index is 0.0588. The second-order valence-corrected chi connectivity index (χ2v) is 7.66. The number of carbonyl (C=O) groups excluding carboxylic acids is 2. The van der Waals surface area contributed by atoms with Crippen LogP contribution in [0, 0.1) is 6.92 Å². The molecule has 30 heavy (non-hydrogen) atoms. The van der Waals surface area contributed by atoms with E-state index in [2.05, 4.69) is 20.8 Å². The van der Waals surface area contributed by atoms with Gasteiger partial charge in [0, 0.05) is 18.5 Å². The molecular weight excluding hydrogens is 416 g/mol. The zero-order valence-electron chi connectivity index (χ0n) is 16.4. The van der Waals surface area contributed by atoms with Crippen molar-refractivity contribution in [2.45, 2.75) is 26.3 Å². The van der Waals surface area contributed by atoms with Crippen molar-refractivity contribution >= 4 is 40.4 Å². The lowest BCUT2D eigenvalue weighted by Gasteiger charge is -2.15. The number of nitrogens with one attached hydrogen (secondary N) is 2. The van der Waals surface area contributed by atoms with Gasteiger partial charge in [0.25, 0.3) is 0 Å². The molecule has 2 heterocycles. The van der Waals surface area contributed by atoms with Gasteiger partial charge in [-0.15, -0.1) is 11.8 Å². The number of hydrogen-bond donors (Lipinski definition) is 2. The molecule has 8 nitrogen and oxygen atoms in total. The molecule has 0 bridgehead atoms. The summed E-state index contributed by atoms with van der Waals surface area (Å²) in [5, 5.41) is 8.92. The summed E-state index contributed by atoms with van der Waals surface area (Å²) in [6, 6.07) is 8.26. The highest BCUT2D eigenvalue weighted by Gasteiger charge is 2.22. The Bertz CT molecular complexity index is 1040. The zero-order chi connectivity index (χ0) is 21.7. The fraction of sp³-hybridized carbons (Fsp3) is 0.368. The van der Waals surface area contributed by atoms with Crippen LogP contribution in [-0.2, 0) is 9.59 Å². The molecule has 2 amide bonds. The first-order valence-corrected chi connectivity index (χ1v) is 10.3. The van der Waals surface area contributed by atoms with Crippen LogP contribution in [0.2, 0.25) is 0 Å². The van der Waals surface area contributed by atoms with Gasteiger partial charge in [0.05, 0.1) is 22.5 Å². The van der Waals surface area contributed by atoms with Gasteiger partial charge in [-0.05, 0) is 19.1 Å². The van der Waals surface area contributed by atoms with Crippen LogP contribution in [0.4, 0.5) is 14.6 Å². The predicted molar refractivity (Wildman–Crippen MR) is 110 cm³/mol. The number of fused-ring (bicyclic) bond motifs is 1. The summed E-state index contributed by atoms with van der Waals surface area (Å²) in [7, 11) is 0. The molecule has 1 unspecified atom stereocenters. The maximum absolute atomic E-state index is 13.5. The third-order valence-corrected chi connectivity index (χ3v) is 5.16. The van der Waals surface area contributed by atoms with Crippen molar-refractivity contribution in [3.63, 3.8) is 0 Å². The molecule has 0 aliphatic heterocycles. The molecular formula is C19H21F2N5O3S. The molecule has 3 rings (SSSR count). The number of nitrogens with zero attached hydrogens (tertiary/aromatic N) is 3. The normalized spacial score (nSPS) is 12.3. The molecule has 1 atom stereocenters. The fourth-order valence-electron chi connectivity index (χ4n) is 2.87. The molecule has 3 aromatic rings. The van der Waals surface area contributed by atoms with Gasteiger partial charge in [0.15, 0.2) is 5.82 Å². The fourth-order valence-corrected chi connectivity index (χ4v) is 3.51. The molecule has 0 saturated carbocycles. The van der Waals surface area contributed by atoms with E-state index in [4.69, 9.17) is 4.52 Å². The molecule has 0 saturated heterocycles. The Labute approximate surface area is 175 Å². The number of rotatable bonds is 9. The summed E-state index contributed by atoms with van der Waals surface area (Å²) in [6.07, 6.45) is 0. The molecule has 2 aromatic heterocycles. The van der Waals surface area contributed by atoms with Crippen molar-refractivity contribution < 1.29 is 22.9 Å². The van der Waals surface area contributed by atoms with Gasteiger partial charge in [0.2, 0.25) is 11.8 Å². The lowest BCUT2D eigenvalue weighted by atomic mass is 10.1. The number of benzene rings is 1. The summed E-state index contributed by atoms with van der Waals surface area (Å²) >= 11 is 1.13. The number of halogens is 2. The van der Waals surface area contributed by atoms with Crippen LogP contribution >= 0.6 is 11.8 Å². The van der Waals surface area contributed by atoms with Crippen molar-refractivity contribution in [3.8, 4) is 0 Å². The smallest absolute Gasteiger partial charge is 0.320 e. The first kappa shape index (κ1) is 21.8. The van der Waals surface area contributed by atoms with Gasteiger partial charge >= 0.3 is 6.55 Å². The van der Waals surface area contributed by atoms with Crippen molar-refractivity contribution in [1.82, 2.24) is 20.0 Å². The van der Waals surface area contributed by atoms with Gasteiger partial charge in [0.1, 0.15) is 11.6 Å². The number of thioether (sulfide) groups is 1. The van der Waals surface area contributed by atoms with Crippen LogP contribution in [0.1, 0.15) is 31.0 Å². The van der Waals surface area contributed by atoms with Crippen LogP contribution < -0.4 is 10.6 Å². The van der Waals surface area contributed by atoms with Crippen molar-refractivity contribution in [2.75, 3.05) is 23.4 Å². The highest BCUT2D eigenvalue weighted by molar-refractivity contribution is 8.00. The average molecular weight is 437 g/mol. The van der Waals surface area contributed by atoms with Crippen molar-refractivity contribution in [1.29, 1.82) is 0 Å². The summed E-state index contributed by atoms with van der Waals surface area (Å²) in [5.74, 6) is 0.210. The number of imidazole rings is 1. The minimum Gasteiger partial charge on any atom is -0.360 e. The van der Waals surface area contributed by atoms with Crippen molar-refractivity contribution in [2.24, 2.45) is 0 Å². The predicted octanol–water partition coefficient (Wildman–Crippen LogP) is 3.32. The summed E-state index contributed by atoms with van der Waals surface area (Å²) in [4.78, 5) is 28.2. The van der Waals surface area contributed by atoms with E-state index in [1.807, 2.05) is 0 Å². The van der Waals surface area contributed by atoms with Crippen LogP contribution in [0.25, 0.3) is 11.0 Å². The van der Waals surface area contributed by atoms with E-state index in [1.165, 1.54) is 0 Å². The monoisotopic (exact) mass is 437 g/mol. The van der Waals surface area contributed by atoms with E-state index in [0.717, 1.165) is 16.3 Å². The second kappa shape index (κ2) is 9.70. The third-order valence-electron chi connectivity index (χ3n) is 4.23. The molecule has 160 valence electrons. The van der Waals surface area contributed by atoms with Crippen LogP contribution in [0.3, 0.4) is 0 Å². The Morgan fingerprint density at radius 2 is 1.97 bits per heavy atom. The first-order chi connectivity index (χ1) is 14.3. The number of hydrogen-bond acceptors (Lipinski definition) is 6. The molecule has 0 radical (unpaired) electrons. The lowest BCUT2D eigenvalue weighted by Crippen LogP contribution is -2.30. The zero-order valence-corrected chi connectivity index (χ0v) is 17.2. The highest BCUT2D eigenvalue weighted by atomic mass is 32.2. The average Bonchev–Trinajstić information content (AvgIpc) is 3.29. The minimum atomic E-state index is -2.73. The Kier molecular flexibility index (Phi) is 7.03. The van der Waals surface area contributed by atoms with Gasteiger partial charge in [-0.25, -0.2) is 4.98 Å². The van der Waals surface area contributed by atoms with Gasteiger partial charge in [-0.3, -0.25) is 14.2 Å². The van der Waals surface area contributed by atoms with Gasteiger partial charge < -0.3 is 15.2 Å². The SMILES string of the molecule is Cc1cc(NC(=O)CSCC(=O)NCC(C)c2nc3ccccc3n2C(F)F)no1. The molecule has 0 aliphatic carbocycles. The first-order valence-electron chi connectivity index (χ1n) is 9.17. The number of amides is 2. The lowest BCUT2D eigenvalue weighted by molar-refractivity contribution is -0.118. The van der Waals surface area contributed by atoms with Crippen LogP contribution in [0.15, 0.2) is 34.9 Å². The van der Waals surface area contributed by atoms with Crippen LogP contribution in [0.5, 0.6) is 0 Å². The maximum atomic E-state index is 13.5. The van der Waals surface area contributed by atoms with E-state index in [-0.39, 0.29) is 35.7 Å². The number of aryl methyl sites for hydroxylation is 1. The summed E-state index contributed by atoms with van der Waals surface area (Å²) in [5.41, 5.74) is 0.833. The van der Waals surface area contributed by atoms with E-state index < -0.39 is 12.5 Å². The standard InChI is InChI=1S/C19H21F2N5O3S/c1-11(18-23-13-5-3-4-6-14(13)26(18)19(20)21)8-22-16(27)9-30-10-17(28)24-15-7-12(2)29-25-15/h3-7,11,19H,8-10H2,1-2H3,(H,22,27)(H,24,25,28). The molecule has 1 aromatic carbocycles. The molecule has 0 aliphatic rings. The topological polar surface area (TPSA) is 102 Å². The third kappa shape index (κ3) is 5.35. The molecule has 0 fully saturated rings. The second-order valence-electron chi connectivity index (χ2n) is 6.68. The molecule has 2 N–H and O–H groups in total. The van der Waals surface area contributed by atoms with E-state index in [0.29, 0.717) is 22.6 Å². The molecule has 11 heteroatoms. The number of aromatic nitrogens is 3. The quantitative estimate of drug-likeness (QED) is 0.533. The summed E-state index contributed by atoms with van der Waals surface area (Å²) in [6.45, 7) is 0.855. The van der Waals surface area contributed by atoms with E-state index in [1.54, 1.807) is 44.2 Å². The Hall–Kier alpha value is -2.95. The number of para-hydroxylation sites is 2. The van der Waals surface area contributed by atoms with E-state index >= 15 is 0 Å². The molecule has 0 spiro atoms. The Balaban J connectivity index is 1.47. The van der Waals surface area contributed by atoms with Crippen molar-refractivity contribution in [3.05, 3.63) is 41.9 Å². The number of anilines is 1. The highest BCUT2D eigenvalue weighted by Crippen LogP contribution is 2.27. The number of carbonyl (C=O) groups is 2. The Morgan fingerprint density at radius 3 is 2.67 bits per heavy atom. The van der Waals surface area contributed by atoms with Gasteiger partial charge in [-0.1, -0.05) is 24.2 Å². The van der Waals surface area contributed by atoms with E-state index in [9.17, 15) is 18.4 Å². The van der Waals surface area contributed by atoms with Crippen LogP contribution in [-0.4, -0.2) is 44.6 Å². The maximum Gasteiger partial charge on any atom is 0.320 e. The largest absolute Gasteiger partial charge is 0.360 e. The summed E-state index contributed by atoms with van der Waals surface area (Å²) < 4.78 is 32.8. The number of alkyl halides is 2.